The third-order valence-corrected chi connectivity index (χ3v) is 4.42. The van der Waals surface area contributed by atoms with Gasteiger partial charge in [-0.25, -0.2) is 0 Å². The van der Waals surface area contributed by atoms with Crippen LogP contribution in [0.4, 0.5) is 0 Å². The lowest BCUT2D eigenvalue weighted by atomic mass is 9.95. The van der Waals surface area contributed by atoms with Crippen molar-refractivity contribution in [2.24, 2.45) is 0 Å². The van der Waals surface area contributed by atoms with Gasteiger partial charge in [0.25, 0.3) is 0 Å². The van der Waals surface area contributed by atoms with Gasteiger partial charge < -0.3 is 5.32 Å². The molecule has 1 aromatic carbocycles. The number of rotatable bonds is 3. The average molecular weight is 219 g/mol. The van der Waals surface area contributed by atoms with E-state index in [1.54, 1.807) is 5.19 Å². The maximum atomic E-state index is 3.70. The summed E-state index contributed by atoms with van der Waals surface area (Å²) in [6.07, 6.45) is 7.03. The average Bonchev–Trinajstić information content (AvgIpc) is 2.29. The highest BCUT2D eigenvalue weighted by molar-refractivity contribution is 6.33. The molecule has 0 bridgehead atoms. The van der Waals surface area contributed by atoms with Gasteiger partial charge in [0.1, 0.15) is 0 Å². The first-order valence-corrected chi connectivity index (χ1v) is 7.14. The molecule has 1 aliphatic carbocycles. The molecule has 1 saturated carbocycles. The van der Waals surface area contributed by atoms with E-state index >= 15 is 0 Å². The smallest absolute Gasteiger partial charge is 0.0389 e. The molecule has 0 heterocycles. The predicted octanol–water partition coefficient (Wildman–Crippen LogP) is 1.10. The molecule has 1 aliphatic rings. The molecular formula is C13H21NSi. The second kappa shape index (κ2) is 5.47. The fraction of sp³-hybridized carbons (Fsp3) is 0.538. The molecule has 15 heavy (non-hydrogen) atoms. The molecule has 1 N–H and O–H groups in total. The van der Waals surface area contributed by atoms with Gasteiger partial charge in [-0.15, -0.1) is 0 Å². The summed E-state index contributed by atoms with van der Waals surface area (Å²) in [5.41, 5.74) is 1.51. The van der Waals surface area contributed by atoms with Gasteiger partial charge in [-0.1, -0.05) is 48.7 Å². The quantitative estimate of drug-likeness (QED) is 0.751. The minimum atomic E-state index is 0.778. The van der Waals surface area contributed by atoms with Gasteiger partial charge in [-0.3, -0.25) is 0 Å². The maximum Gasteiger partial charge on any atom is 0.0389 e. The second-order valence-corrected chi connectivity index (χ2v) is 5.72. The fourth-order valence-corrected chi connectivity index (χ4v) is 2.91. The Morgan fingerprint density at radius 2 is 1.87 bits per heavy atom. The van der Waals surface area contributed by atoms with Crippen molar-refractivity contribution in [2.75, 3.05) is 0 Å². The predicted molar refractivity (Wildman–Crippen MR) is 69.7 cm³/mol. The molecule has 2 heteroatoms. The zero-order valence-electron chi connectivity index (χ0n) is 9.63. The molecule has 0 saturated heterocycles. The third kappa shape index (κ3) is 3.18. The first-order chi connectivity index (χ1) is 7.36. The van der Waals surface area contributed by atoms with Crippen LogP contribution >= 0.6 is 0 Å². The lowest BCUT2D eigenvalue weighted by Gasteiger charge is -2.23. The summed E-state index contributed by atoms with van der Waals surface area (Å²) in [6, 6.07) is 9.59. The molecule has 0 radical (unpaired) electrons. The van der Waals surface area contributed by atoms with Crippen LogP contribution in [0.1, 0.15) is 37.7 Å². The Morgan fingerprint density at radius 1 is 1.13 bits per heavy atom. The molecule has 0 spiro atoms. The highest BCUT2D eigenvalue weighted by Crippen LogP contribution is 2.17. The second-order valence-electron chi connectivity index (χ2n) is 4.64. The van der Waals surface area contributed by atoms with Crippen LogP contribution in [0.2, 0.25) is 0 Å². The summed E-state index contributed by atoms with van der Waals surface area (Å²) >= 11 is 0. The van der Waals surface area contributed by atoms with E-state index in [1.165, 1.54) is 37.7 Å². The summed E-state index contributed by atoms with van der Waals surface area (Å²) in [7, 11) is 1.16. The van der Waals surface area contributed by atoms with Gasteiger partial charge in [0.05, 0.1) is 0 Å². The highest BCUT2D eigenvalue weighted by Gasteiger charge is 2.12. The highest BCUT2D eigenvalue weighted by atomic mass is 28.1. The van der Waals surface area contributed by atoms with Crippen molar-refractivity contribution < 1.29 is 0 Å². The van der Waals surface area contributed by atoms with E-state index < -0.39 is 0 Å². The molecule has 1 aromatic rings. The van der Waals surface area contributed by atoms with Gasteiger partial charge in [0, 0.05) is 22.8 Å². The van der Waals surface area contributed by atoms with Crippen LogP contribution in [-0.2, 0) is 6.54 Å². The Hall–Kier alpha value is -0.603. The van der Waals surface area contributed by atoms with Crippen LogP contribution in [0.3, 0.4) is 0 Å². The summed E-state index contributed by atoms with van der Waals surface area (Å²) in [6.45, 7) is 1.07. The van der Waals surface area contributed by atoms with E-state index in [0.29, 0.717) is 0 Å². The Bertz CT molecular complexity index is 305. The Kier molecular flexibility index (Phi) is 3.98. The van der Waals surface area contributed by atoms with Crippen molar-refractivity contribution in [3.05, 3.63) is 29.8 Å². The Labute approximate surface area is 95.7 Å². The Balaban J connectivity index is 1.84. The molecule has 82 valence electrons. The van der Waals surface area contributed by atoms with E-state index in [4.69, 9.17) is 0 Å². The third-order valence-electron chi connectivity index (χ3n) is 3.45. The van der Waals surface area contributed by atoms with Crippen LogP contribution in [0.5, 0.6) is 0 Å². The molecule has 0 amide bonds. The largest absolute Gasteiger partial charge is 0.310 e. The lowest BCUT2D eigenvalue weighted by Crippen LogP contribution is -2.32. The van der Waals surface area contributed by atoms with Crippen LogP contribution in [0, 0.1) is 0 Å². The minimum Gasteiger partial charge on any atom is -0.310 e. The molecular weight excluding hydrogens is 198 g/mol. The summed E-state index contributed by atoms with van der Waals surface area (Å²) in [4.78, 5) is 0. The van der Waals surface area contributed by atoms with E-state index in [2.05, 4.69) is 29.6 Å². The minimum absolute atomic E-state index is 0.778. The van der Waals surface area contributed by atoms with E-state index in [9.17, 15) is 0 Å². The van der Waals surface area contributed by atoms with Gasteiger partial charge >= 0.3 is 0 Å². The first kappa shape index (κ1) is 10.9. The molecule has 0 atom stereocenters. The number of benzene rings is 1. The molecule has 1 nitrogen and oxygen atoms in total. The van der Waals surface area contributed by atoms with Crippen molar-refractivity contribution in [3.8, 4) is 0 Å². The molecule has 2 rings (SSSR count). The van der Waals surface area contributed by atoms with E-state index in [1.807, 2.05) is 0 Å². The summed E-state index contributed by atoms with van der Waals surface area (Å²) < 4.78 is 0. The number of hydrogen-bond acceptors (Lipinski definition) is 1. The van der Waals surface area contributed by atoms with Crippen molar-refractivity contribution in [1.82, 2.24) is 5.32 Å². The maximum absolute atomic E-state index is 3.70. The van der Waals surface area contributed by atoms with Gasteiger partial charge in [-0.2, -0.15) is 0 Å². The molecule has 0 unspecified atom stereocenters. The van der Waals surface area contributed by atoms with Crippen LogP contribution in [-0.4, -0.2) is 16.3 Å². The monoisotopic (exact) mass is 219 g/mol. The van der Waals surface area contributed by atoms with Gasteiger partial charge in [0.15, 0.2) is 0 Å². The fourth-order valence-electron chi connectivity index (χ4n) is 2.37. The molecule has 0 aliphatic heterocycles. The zero-order chi connectivity index (χ0) is 10.5. The van der Waals surface area contributed by atoms with Crippen molar-refractivity contribution in [2.45, 2.75) is 44.7 Å². The van der Waals surface area contributed by atoms with Crippen LogP contribution < -0.4 is 10.5 Å². The van der Waals surface area contributed by atoms with Crippen LogP contribution in [0.15, 0.2) is 24.3 Å². The van der Waals surface area contributed by atoms with Gasteiger partial charge in [-0.05, 0) is 18.4 Å². The van der Waals surface area contributed by atoms with E-state index in [-0.39, 0.29) is 0 Å². The first-order valence-electron chi connectivity index (χ1n) is 6.14. The summed E-state index contributed by atoms with van der Waals surface area (Å²) in [5, 5.41) is 5.24. The lowest BCUT2D eigenvalue weighted by molar-refractivity contribution is 0.372. The normalized spacial score (nSPS) is 18.1. The van der Waals surface area contributed by atoms with Crippen molar-refractivity contribution >= 4 is 15.4 Å². The van der Waals surface area contributed by atoms with Crippen molar-refractivity contribution in [1.29, 1.82) is 0 Å². The Morgan fingerprint density at radius 3 is 2.60 bits per heavy atom. The number of nitrogens with one attached hydrogen (secondary N) is 1. The molecule has 0 aromatic heterocycles. The molecule has 1 fully saturated rings. The zero-order valence-corrected chi connectivity index (χ0v) is 11.6. The van der Waals surface area contributed by atoms with Crippen LogP contribution in [0.25, 0.3) is 0 Å². The SMILES string of the molecule is [SiH3]c1ccccc1CNC1CCCCC1. The van der Waals surface area contributed by atoms with E-state index in [0.717, 1.165) is 22.8 Å². The topological polar surface area (TPSA) is 12.0 Å². The van der Waals surface area contributed by atoms with Gasteiger partial charge in [0.2, 0.25) is 0 Å². The summed E-state index contributed by atoms with van der Waals surface area (Å²) in [5.74, 6) is 0. The van der Waals surface area contributed by atoms with Crippen molar-refractivity contribution in [3.63, 3.8) is 0 Å². The standard InChI is InChI=1S/C13H21NSi/c15-13-9-5-4-6-11(13)10-14-12-7-2-1-3-8-12/h4-6,9,12,14H,1-3,7-8,10H2,15H3. The number of hydrogen-bond donors (Lipinski definition) is 1.